The molecule has 0 saturated carbocycles. The molecule has 0 aliphatic heterocycles. The van der Waals surface area contributed by atoms with E-state index in [4.69, 9.17) is 0 Å². The largest absolute Gasteiger partial charge is 0.347 e. The number of thioether (sulfide) groups is 1. The topological polar surface area (TPSA) is 80.3 Å². The van der Waals surface area contributed by atoms with Crippen LogP contribution in [0.25, 0.3) is 0 Å². The van der Waals surface area contributed by atoms with E-state index < -0.39 is 0 Å². The second-order valence-electron chi connectivity index (χ2n) is 4.88. The number of nitrogens with one attached hydrogen (secondary N) is 2. The lowest BCUT2D eigenvalue weighted by Gasteiger charge is -2.04. The molecule has 0 unspecified atom stereocenters. The van der Waals surface area contributed by atoms with E-state index in [-0.39, 0.29) is 24.8 Å². The second-order valence-corrected chi connectivity index (χ2v) is 7.23. The summed E-state index contributed by atoms with van der Waals surface area (Å²) in [6.45, 7) is 6.12. The molecule has 1 aromatic heterocycles. The van der Waals surface area contributed by atoms with Gasteiger partial charge >= 0.3 is 0 Å². The van der Waals surface area contributed by atoms with Crippen LogP contribution in [0.2, 0.25) is 0 Å². The maximum atomic E-state index is 11.8. The van der Waals surface area contributed by atoms with Gasteiger partial charge in [0.25, 0.3) is 5.91 Å². The molecule has 21 heavy (non-hydrogen) atoms. The molecule has 0 aliphatic rings. The number of thiazole rings is 1. The Bertz CT molecular complexity index is 489. The van der Waals surface area contributed by atoms with Crippen molar-refractivity contribution in [3.8, 4) is 0 Å². The third kappa shape index (κ3) is 6.92. The molecule has 0 radical (unpaired) electrons. The van der Waals surface area contributed by atoms with Crippen molar-refractivity contribution < 1.29 is 14.4 Å². The molecule has 0 fully saturated rings. The normalized spacial score (nSPS) is 10.7. The van der Waals surface area contributed by atoms with Crippen LogP contribution in [0.3, 0.4) is 0 Å². The van der Waals surface area contributed by atoms with Crippen LogP contribution < -0.4 is 10.8 Å². The van der Waals surface area contributed by atoms with Crippen LogP contribution in [0.15, 0.2) is 4.34 Å². The van der Waals surface area contributed by atoms with E-state index in [9.17, 15) is 9.59 Å². The summed E-state index contributed by atoms with van der Waals surface area (Å²) in [6, 6.07) is 0. The molecule has 0 bridgehead atoms. The van der Waals surface area contributed by atoms with E-state index in [0.29, 0.717) is 5.92 Å². The second kappa shape index (κ2) is 9.01. The molecule has 1 aromatic rings. The lowest BCUT2D eigenvalue weighted by molar-refractivity contribution is -0.132. The van der Waals surface area contributed by atoms with Crippen molar-refractivity contribution in [1.29, 1.82) is 0 Å². The molecule has 1 rings (SSSR count). The Morgan fingerprint density at radius 2 is 2.10 bits per heavy atom. The van der Waals surface area contributed by atoms with Gasteiger partial charge in [0, 0.05) is 10.6 Å². The van der Waals surface area contributed by atoms with Crippen LogP contribution >= 0.6 is 23.1 Å². The predicted molar refractivity (Wildman–Crippen MR) is 84.3 cm³/mol. The number of hydroxylamine groups is 1. The Balaban J connectivity index is 2.46. The fraction of sp³-hybridized carbons (Fsp3) is 0.615. The highest BCUT2D eigenvalue weighted by atomic mass is 32.2. The van der Waals surface area contributed by atoms with E-state index in [1.54, 1.807) is 23.1 Å². The SMILES string of the molecule is CONC(=O)CNC(=O)Cc1sc(SCC(C)C)nc1C. The maximum absolute atomic E-state index is 11.8. The van der Waals surface area contributed by atoms with Crippen LogP contribution in [0, 0.1) is 12.8 Å². The number of aromatic nitrogens is 1. The number of aryl methyl sites for hydroxylation is 1. The van der Waals surface area contributed by atoms with Crippen LogP contribution in [0.5, 0.6) is 0 Å². The van der Waals surface area contributed by atoms with Crippen LogP contribution in [-0.2, 0) is 20.8 Å². The van der Waals surface area contributed by atoms with Crippen LogP contribution in [-0.4, -0.2) is 36.2 Å². The van der Waals surface area contributed by atoms with Gasteiger partial charge in [0.2, 0.25) is 5.91 Å². The number of nitrogens with zero attached hydrogens (tertiary/aromatic N) is 1. The molecule has 0 spiro atoms. The number of hydrogen-bond donors (Lipinski definition) is 2. The standard InChI is InChI=1S/C13H21N3O3S2/c1-8(2)7-20-13-15-9(3)10(21-13)5-11(17)14-6-12(18)16-19-4/h8H,5-7H2,1-4H3,(H,14,17)(H,16,18). The quantitative estimate of drug-likeness (QED) is 0.558. The summed E-state index contributed by atoms with van der Waals surface area (Å²) < 4.78 is 0.987. The van der Waals surface area contributed by atoms with Gasteiger partial charge in [-0.1, -0.05) is 25.6 Å². The highest BCUT2D eigenvalue weighted by molar-refractivity contribution is 8.01. The summed E-state index contributed by atoms with van der Waals surface area (Å²) in [5.41, 5.74) is 3.02. The number of carbonyl (C=O) groups excluding carboxylic acids is 2. The van der Waals surface area contributed by atoms with Gasteiger partial charge in [-0.05, 0) is 12.8 Å². The fourth-order valence-electron chi connectivity index (χ4n) is 1.40. The first kappa shape index (κ1) is 17.9. The zero-order chi connectivity index (χ0) is 15.8. The highest BCUT2D eigenvalue weighted by Gasteiger charge is 2.13. The first-order valence-corrected chi connectivity index (χ1v) is 8.40. The van der Waals surface area contributed by atoms with Crippen molar-refractivity contribution >= 4 is 34.9 Å². The van der Waals surface area contributed by atoms with E-state index in [0.717, 1.165) is 20.7 Å². The van der Waals surface area contributed by atoms with Crippen molar-refractivity contribution in [2.45, 2.75) is 31.5 Å². The molecular formula is C13H21N3O3S2. The molecule has 2 N–H and O–H groups in total. The van der Waals surface area contributed by atoms with Gasteiger partial charge < -0.3 is 5.32 Å². The molecule has 0 atom stereocenters. The Morgan fingerprint density at radius 3 is 2.71 bits per heavy atom. The number of amides is 2. The monoisotopic (exact) mass is 331 g/mol. The average Bonchev–Trinajstić information content (AvgIpc) is 2.75. The van der Waals surface area contributed by atoms with Crippen LogP contribution in [0.4, 0.5) is 0 Å². The highest BCUT2D eigenvalue weighted by Crippen LogP contribution is 2.28. The van der Waals surface area contributed by atoms with Gasteiger partial charge in [-0.25, -0.2) is 10.5 Å². The van der Waals surface area contributed by atoms with Gasteiger partial charge in [0.05, 0.1) is 25.8 Å². The molecule has 0 saturated heterocycles. The van der Waals surface area contributed by atoms with E-state index in [2.05, 4.69) is 34.5 Å². The maximum Gasteiger partial charge on any atom is 0.262 e. The molecule has 118 valence electrons. The number of carbonyl (C=O) groups is 2. The van der Waals surface area contributed by atoms with Gasteiger partial charge in [-0.3, -0.25) is 14.4 Å². The molecule has 1 heterocycles. The predicted octanol–water partition coefficient (Wildman–Crippen LogP) is 1.54. The van der Waals surface area contributed by atoms with Crippen molar-refractivity contribution in [1.82, 2.24) is 15.8 Å². The van der Waals surface area contributed by atoms with Gasteiger partial charge in [-0.15, -0.1) is 11.3 Å². The summed E-state index contributed by atoms with van der Waals surface area (Å²) in [7, 11) is 1.34. The van der Waals surface area contributed by atoms with Crippen molar-refractivity contribution in [2.24, 2.45) is 5.92 Å². The third-order valence-corrected chi connectivity index (χ3v) is 5.12. The minimum absolute atomic E-state index is 0.0977. The molecule has 0 aromatic carbocycles. The first-order valence-electron chi connectivity index (χ1n) is 6.60. The summed E-state index contributed by atoms with van der Waals surface area (Å²) >= 11 is 3.25. The molecule has 8 heteroatoms. The Hall–Kier alpha value is -1.12. The zero-order valence-electron chi connectivity index (χ0n) is 12.7. The van der Waals surface area contributed by atoms with Gasteiger partial charge in [0.15, 0.2) is 0 Å². The average molecular weight is 331 g/mol. The Kier molecular flexibility index (Phi) is 7.69. The van der Waals surface area contributed by atoms with E-state index in [1.165, 1.54) is 7.11 Å². The van der Waals surface area contributed by atoms with Crippen LogP contribution in [0.1, 0.15) is 24.4 Å². The zero-order valence-corrected chi connectivity index (χ0v) is 14.3. The minimum Gasteiger partial charge on any atom is -0.347 e. The number of hydrogen-bond acceptors (Lipinski definition) is 6. The third-order valence-electron chi connectivity index (χ3n) is 2.40. The van der Waals surface area contributed by atoms with Crippen molar-refractivity contribution in [3.63, 3.8) is 0 Å². The molecular weight excluding hydrogens is 310 g/mol. The van der Waals surface area contributed by atoms with Gasteiger partial charge in [0.1, 0.15) is 4.34 Å². The Morgan fingerprint density at radius 1 is 1.38 bits per heavy atom. The lowest BCUT2D eigenvalue weighted by atomic mass is 10.3. The smallest absolute Gasteiger partial charge is 0.262 e. The lowest BCUT2D eigenvalue weighted by Crippen LogP contribution is -2.37. The minimum atomic E-state index is -0.389. The summed E-state index contributed by atoms with van der Waals surface area (Å²) in [4.78, 5) is 32.8. The van der Waals surface area contributed by atoms with Crippen molar-refractivity contribution in [3.05, 3.63) is 10.6 Å². The first-order chi connectivity index (χ1) is 9.92. The summed E-state index contributed by atoms with van der Waals surface area (Å²) in [5, 5.41) is 2.54. The molecule has 2 amide bonds. The Labute approximate surface area is 133 Å². The summed E-state index contributed by atoms with van der Waals surface area (Å²) in [6.07, 6.45) is 0.242. The fourth-order valence-corrected chi connectivity index (χ4v) is 3.61. The van der Waals surface area contributed by atoms with E-state index >= 15 is 0 Å². The molecule has 6 nitrogen and oxygen atoms in total. The van der Waals surface area contributed by atoms with Gasteiger partial charge in [-0.2, -0.15) is 0 Å². The number of rotatable bonds is 8. The molecule has 0 aliphatic carbocycles. The van der Waals surface area contributed by atoms with Crippen molar-refractivity contribution in [2.75, 3.05) is 19.4 Å². The van der Waals surface area contributed by atoms with E-state index in [1.807, 2.05) is 6.92 Å². The summed E-state index contributed by atoms with van der Waals surface area (Å²) in [5.74, 6) is 1.02.